The molecule has 2 aromatic heterocycles. The molecule has 0 saturated heterocycles. The minimum absolute atomic E-state index is 0.624. The number of hydrogen-bond acceptors (Lipinski definition) is 3. The highest BCUT2D eigenvalue weighted by molar-refractivity contribution is 5.80. The molecule has 2 heterocycles. The summed E-state index contributed by atoms with van der Waals surface area (Å²) in [7, 11) is 1.61. The lowest BCUT2D eigenvalue weighted by Gasteiger charge is -2.00. The summed E-state index contributed by atoms with van der Waals surface area (Å²) in [6.45, 7) is 9.84. The number of fused-ring (bicyclic) bond motifs is 1. The molecule has 2 aromatic rings. The van der Waals surface area contributed by atoms with Gasteiger partial charge in [-0.05, 0) is 13.0 Å². The highest BCUT2D eigenvalue weighted by atomic mass is 16.5. The van der Waals surface area contributed by atoms with Gasteiger partial charge in [-0.1, -0.05) is 27.7 Å². The monoisotopic (exact) mass is 223 g/mol. The van der Waals surface area contributed by atoms with Crippen molar-refractivity contribution in [1.82, 2.24) is 15.0 Å². The van der Waals surface area contributed by atoms with E-state index in [0.717, 1.165) is 11.0 Å². The van der Waals surface area contributed by atoms with Crippen molar-refractivity contribution in [3.8, 4) is 5.88 Å². The number of hydrogen-bond donors (Lipinski definition) is 1. The molecule has 16 heavy (non-hydrogen) atoms. The Balaban J connectivity index is 0.000000509. The van der Waals surface area contributed by atoms with E-state index >= 15 is 0 Å². The van der Waals surface area contributed by atoms with Gasteiger partial charge in [0, 0.05) is 6.20 Å². The molecule has 1 N–H and O–H groups in total. The number of aromatic amines is 1. The Bertz CT molecular complexity index is 410. The molecule has 0 unspecified atom stereocenters. The smallest absolute Gasteiger partial charge is 0.226 e. The molecule has 0 aliphatic rings. The minimum Gasteiger partial charge on any atom is -0.480 e. The molecule has 0 radical (unpaired) electrons. The van der Waals surface area contributed by atoms with E-state index in [1.165, 1.54) is 0 Å². The Morgan fingerprint density at radius 3 is 2.31 bits per heavy atom. The fourth-order valence-electron chi connectivity index (χ4n) is 1.18. The number of methoxy groups -OCH3 is 1. The van der Waals surface area contributed by atoms with Crippen LogP contribution in [0.5, 0.6) is 5.88 Å². The summed E-state index contributed by atoms with van der Waals surface area (Å²) in [5.74, 6) is 1.33. The summed E-state index contributed by atoms with van der Waals surface area (Å²) in [6, 6.07) is 1.90. The third-order valence-corrected chi connectivity index (χ3v) is 1.69. The van der Waals surface area contributed by atoms with Gasteiger partial charge in [0.1, 0.15) is 11.5 Å². The first-order chi connectivity index (χ1) is 7.81. The summed E-state index contributed by atoms with van der Waals surface area (Å²) in [5, 5.41) is 0.920. The van der Waals surface area contributed by atoms with Gasteiger partial charge in [-0.25, -0.2) is 4.98 Å². The number of aromatic nitrogens is 3. The standard InChI is InChI=1S/C8H9N3O.2C2H6/c1-5-10-7-6(3-4-9-7)8(11-5)12-2;2*1-2/h3-4H,1-2H3,(H,9,10,11);2*1-2H3. The summed E-state index contributed by atoms with van der Waals surface area (Å²) >= 11 is 0. The Morgan fingerprint density at radius 2 is 1.75 bits per heavy atom. The summed E-state index contributed by atoms with van der Waals surface area (Å²) in [5.41, 5.74) is 0.819. The van der Waals surface area contributed by atoms with Gasteiger partial charge in [0.25, 0.3) is 0 Å². The van der Waals surface area contributed by atoms with E-state index in [1.807, 2.05) is 46.9 Å². The molecule has 90 valence electrons. The molecule has 0 saturated carbocycles. The lowest BCUT2D eigenvalue weighted by molar-refractivity contribution is 0.401. The second kappa shape index (κ2) is 7.68. The number of nitrogens with zero attached hydrogens (tertiary/aromatic N) is 2. The maximum Gasteiger partial charge on any atom is 0.226 e. The molecular weight excluding hydrogens is 202 g/mol. The maximum absolute atomic E-state index is 5.10. The predicted molar refractivity (Wildman–Crippen MR) is 67.9 cm³/mol. The molecule has 0 bridgehead atoms. The minimum atomic E-state index is 0.624. The van der Waals surface area contributed by atoms with Crippen molar-refractivity contribution in [1.29, 1.82) is 0 Å². The zero-order valence-electron chi connectivity index (χ0n) is 11.0. The molecule has 0 amide bonds. The van der Waals surface area contributed by atoms with E-state index in [4.69, 9.17) is 4.74 Å². The first kappa shape index (κ1) is 14.4. The molecule has 4 heteroatoms. The Kier molecular flexibility index (Phi) is 6.92. The lowest BCUT2D eigenvalue weighted by Crippen LogP contribution is -1.93. The normalized spacial score (nSPS) is 8.62. The van der Waals surface area contributed by atoms with Crippen LogP contribution in [-0.4, -0.2) is 22.1 Å². The zero-order valence-corrected chi connectivity index (χ0v) is 11.0. The molecule has 4 nitrogen and oxygen atoms in total. The van der Waals surface area contributed by atoms with Crippen molar-refractivity contribution in [2.75, 3.05) is 7.11 Å². The Hall–Kier alpha value is -1.58. The zero-order chi connectivity index (χ0) is 12.6. The average molecular weight is 223 g/mol. The van der Waals surface area contributed by atoms with Crippen molar-refractivity contribution in [3.05, 3.63) is 18.1 Å². The summed E-state index contributed by atoms with van der Waals surface area (Å²) in [6.07, 6.45) is 1.82. The van der Waals surface area contributed by atoms with Gasteiger partial charge in [0.2, 0.25) is 5.88 Å². The van der Waals surface area contributed by atoms with Crippen LogP contribution in [0, 0.1) is 6.92 Å². The van der Waals surface area contributed by atoms with Crippen LogP contribution in [0.3, 0.4) is 0 Å². The van der Waals surface area contributed by atoms with E-state index in [-0.39, 0.29) is 0 Å². The third-order valence-electron chi connectivity index (χ3n) is 1.69. The Morgan fingerprint density at radius 1 is 1.12 bits per heavy atom. The van der Waals surface area contributed by atoms with Crippen molar-refractivity contribution in [2.45, 2.75) is 34.6 Å². The van der Waals surface area contributed by atoms with Gasteiger partial charge in [0.15, 0.2) is 0 Å². The summed E-state index contributed by atoms with van der Waals surface area (Å²) < 4.78 is 5.10. The van der Waals surface area contributed by atoms with E-state index in [2.05, 4.69) is 15.0 Å². The second-order valence-electron chi connectivity index (χ2n) is 2.52. The number of aryl methyl sites for hydroxylation is 1. The van der Waals surface area contributed by atoms with Crippen molar-refractivity contribution >= 4 is 11.0 Å². The van der Waals surface area contributed by atoms with Crippen molar-refractivity contribution in [3.63, 3.8) is 0 Å². The Labute approximate surface area is 97.1 Å². The number of ether oxygens (including phenoxy) is 1. The van der Waals surface area contributed by atoms with E-state index in [0.29, 0.717) is 11.7 Å². The van der Waals surface area contributed by atoms with E-state index < -0.39 is 0 Å². The predicted octanol–water partition coefficient (Wildman–Crippen LogP) is 3.33. The van der Waals surface area contributed by atoms with Gasteiger partial charge >= 0.3 is 0 Å². The van der Waals surface area contributed by atoms with Crippen molar-refractivity contribution in [2.24, 2.45) is 0 Å². The fourth-order valence-corrected chi connectivity index (χ4v) is 1.18. The molecule has 0 atom stereocenters. The van der Waals surface area contributed by atoms with E-state index in [1.54, 1.807) is 7.11 Å². The molecule has 0 aliphatic heterocycles. The topological polar surface area (TPSA) is 50.8 Å². The van der Waals surface area contributed by atoms with Crippen LogP contribution < -0.4 is 4.74 Å². The molecule has 0 aliphatic carbocycles. The number of nitrogens with one attached hydrogen (secondary N) is 1. The maximum atomic E-state index is 5.10. The number of rotatable bonds is 1. The SMILES string of the molecule is CC.CC.COc1nc(C)nc2[nH]ccc12. The van der Waals surface area contributed by atoms with Gasteiger partial charge < -0.3 is 9.72 Å². The molecule has 2 rings (SSSR count). The van der Waals surface area contributed by atoms with Crippen LogP contribution in [0.15, 0.2) is 12.3 Å². The summed E-state index contributed by atoms with van der Waals surface area (Å²) in [4.78, 5) is 11.3. The van der Waals surface area contributed by atoms with Crippen LogP contribution >= 0.6 is 0 Å². The van der Waals surface area contributed by atoms with E-state index in [9.17, 15) is 0 Å². The molecule has 0 fully saturated rings. The highest BCUT2D eigenvalue weighted by Gasteiger charge is 2.05. The molecule has 0 aromatic carbocycles. The van der Waals surface area contributed by atoms with Crippen LogP contribution in [0.1, 0.15) is 33.5 Å². The third kappa shape index (κ3) is 3.22. The molecular formula is C12H21N3O. The van der Waals surface area contributed by atoms with Crippen LogP contribution in [0.2, 0.25) is 0 Å². The number of H-pyrrole nitrogens is 1. The van der Waals surface area contributed by atoms with Gasteiger partial charge in [-0.2, -0.15) is 4.98 Å². The highest BCUT2D eigenvalue weighted by Crippen LogP contribution is 2.20. The lowest BCUT2D eigenvalue weighted by atomic mass is 10.4. The van der Waals surface area contributed by atoms with Crippen LogP contribution in [0.25, 0.3) is 11.0 Å². The van der Waals surface area contributed by atoms with Gasteiger partial charge in [0.05, 0.1) is 12.5 Å². The van der Waals surface area contributed by atoms with Crippen molar-refractivity contribution < 1.29 is 4.74 Å². The van der Waals surface area contributed by atoms with Gasteiger partial charge in [-0.15, -0.1) is 0 Å². The quantitative estimate of drug-likeness (QED) is 0.806. The first-order valence-electron chi connectivity index (χ1n) is 5.67. The fraction of sp³-hybridized carbons (Fsp3) is 0.500. The average Bonchev–Trinajstić information content (AvgIpc) is 2.81. The largest absolute Gasteiger partial charge is 0.480 e. The molecule has 0 spiro atoms. The second-order valence-corrected chi connectivity index (χ2v) is 2.52. The van der Waals surface area contributed by atoms with Gasteiger partial charge in [-0.3, -0.25) is 0 Å². The van der Waals surface area contributed by atoms with Crippen LogP contribution in [-0.2, 0) is 0 Å². The first-order valence-corrected chi connectivity index (χ1v) is 5.67. The van der Waals surface area contributed by atoms with Crippen LogP contribution in [0.4, 0.5) is 0 Å².